The molecule has 0 unspecified atom stereocenters. The van der Waals surface area contributed by atoms with Gasteiger partial charge >= 0.3 is 0 Å². The Morgan fingerprint density at radius 1 is 1.60 bits per heavy atom. The summed E-state index contributed by atoms with van der Waals surface area (Å²) in [6.07, 6.45) is 4.05. The van der Waals surface area contributed by atoms with E-state index in [1.54, 1.807) is 11.3 Å². The van der Waals surface area contributed by atoms with E-state index in [0.717, 1.165) is 43.8 Å². The number of aldehydes is 1. The fraction of sp³-hybridized carbons (Fsp3) is 0.636. The van der Waals surface area contributed by atoms with Crippen LogP contribution in [0.5, 0.6) is 0 Å². The molecular formula is C11H16N2OS. The third kappa shape index (κ3) is 2.37. The van der Waals surface area contributed by atoms with Crippen molar-refractivity contribution in [1.29, 1.82) is 0 Å². The molecule has 1 aliphatic rings. The SMILES string of the molecule is CCc1csc(N2CCC(C=O)CC2)n1. The molecule has 1 aliphatic heterocycles. The number of thiazole rings is 1. The van der Waals surface area contributed by atoms with Gasteiger partial charge in [-0.05, 0) is 19.3 Å². The van der Waals surface area contributed by atoms with E-state index in [9.17, 15) is 4.79 Å². The molecule has 0 amide bonds. The molecule has 0 N–H and O–H groups in total. The first-order valence-corrected chi connectivity index (χ1v) is 6.36. The van der Waals surface area contributed by atoms with Gasteiger partial charge in [0.05, 0.1) is 5.69 Å². The van der Waals surface area contributed by atoms with Crippen LogP contribution in [0.4, 0.5) is 5.13 Å². The molecule has 82 valence electrons. The first kappa shape index (κ1) is 10.6. The van der Waals surface area contributed by atoms with Crippen LogP contribution in [0.2, 0.25) is 0 Å². The van der Waals surface area contributed by atoms with Crippen molar-refractivity contribution in [3.63, 3.8) is 0 Å². The highest BCUT2D eigenvalue weighted by atomic mass is 32.1. The summed E-state index contributed by atoms with van der Waals surface area (Å²) in [5, 5.41) is 3.25. The van der Waals surface area contributed by atoms with E-state index in [2.05, 4.69) is 22.2 Å². The average Bonchev–Trinajstić information content (AvgIpc) is 2.78. The molecule has 1 saturated heterocycles. The Labute approximate surface area is 94.1 Å². The molecule has 0 bridgehead atoms. The van der Waals surface area contributed by atoms with Gasteiger partial charge in [0.15, 0.2) is 5.13 Å². The fourth-order valence-electron chi connectivity index (χ4n) is 1.83. The zero-order valence-electron chi connectivity index (χ0n) is 8.98. The molecule has 3 nitrogen and oxygen atoms in total. The number of hydrogen-bond donors (Lipinski definition) is 0. The van der Waals surface area contributed by atoms with Gasteiger partial charge in [-0.25, -0.2) is 4.98 Å². The summed E-state index contributed by atoms with van der Waals surface area (Å²) in [5.41, 5.74) is 1.17. The van der Waals surface area contributed by atoms with Crippen molar-refractivity contribution in [3.05, 3.63) is 11.1 Å². The minimum absolute atomic E-state index is 0.270. The molecule has 1 aromatic heterocycles. The molecule has 0 atom stereocenters. The first-order chi connectivity index (χ1) is 7.33. The third-order valence-corrected chi connectivity index (χ3v) is 3.85. The van der Waals surface area contributed by atoms with Gasteiger partial charge in [0, 0.05) is 24.4 Å². The Hall–Kier alpha value is -0.900. The number of hydrogen-bond acceptors (Lipinski definition) is 4. The highest BCUT2D eigenvalue weighted by Gasteiger charge is 2.20. The van der Waals surface area contributed by atoms with Gasteiger partial charge in [-0.2, -0.15) is 0 Å². The van der Waals surface area contributed by atoms with Crippen LogP contribution >= 0.6 is 11.3 Å². The van der Waals surface area contributed by atoms with Crippen LogP contribution in [-0.2, 0) is 11.2 Å². The summed E-state index contributed by atoms with van der Waals surface area (Å²) >= 11 is 1.72. The van der Waals surface area contributed by atoms with Gasteiger partial charge in [0.1, 0.15) is 6.29 Å². The maximum absolute atomic E-state index is 10.6. The lowest BCUT2D eigenvalue weighted by Crippen LogP contribution is -2.33. The van der Waals surface area contributed by atoms with Crippen LogP contribution in [0.3, 0.4) is 0 Å². The van der Waals surface area contributed by atoms with E-state index >= 15 is 0 Å². The highest BCUT2D eigenvalue weighted by Crippen LogP contribution is 2.25. The second-order valence-electron chi connectivity index (χ2n) is 3.94. The van der Waals surface area contributed by atoms with Gasteiger partial charge in [-0.3, -0.25) is 0 Å². The molecule has 2 rings (SSSR count). The van der Waals surface area contributed by atoms with Gasteiger partial charge in [-0.15, -0.1) is 11.3 Å². The van der Waals surface area contributed by atoms with Crippen molar-refractivity contribution < 1.29 is 4.79 Å². The van der Waals surface area contributed by atoms with Crippen molar-refractivity contribution in [2.24, 2.45) is 5.92 Å². The van der Waals surface area contributed by atoms with E-state index in [-0.39, 0.29) is 5.92 Å². The molecule has 15 heavy (non-hydrogen) atoms. The number of nitrogens with zero attached hydrogens (tertiary/aromatic N) is 2. The Kier molecular flexibility index (Phi) is 3.36. The van der Waals surface area contributed by atoms with E-state index < -0.39 is 0 Å². The Morgan fingerprint density at radius 3 is 2.87 bits per heavy atom. The Bertz CT molecular complexity index is 329. The van der Waals surface area contributed by atoms with Crippen LogP contribution in [0.15, 0.2) is 5.38 Å². The molecule has 0 aliphatic carbocycles. The van der Waals surface area contributed by atoms with Crippen LogP contribution in [-0.4, -0.2) is 24.4 Å². The quantitative estimate of drug-likeness (QED) is 0.737. The molecule has 0 aromatic carbocycles. The number of anilines is 1. The van der Waals surface area contributed by atoms with Gasteiger partial charge in [-0.1, -0.05) is 6.92 Å². The molecule has 2 heterocycles. The summed E-state index contributed by atoms with van der Waals surface area (Å²) in [7, 11) is 0. The van der Waals surface area contributed by atoms with Crippen molar-refractivity contribution in [2.45, 2.75) is 26.2 Å². The fourth-order valence-corrected chi connectivity index (χ4v) is 2.79. The summed E-state index contributed by atoms with van der Waals surface area (Å²) in [6.45, 7) is 4.07. The Balaban J connectivity index is 1.97. The van der Waals surface area contributed by atoms with Gasteiger partial charge in [0.25, 0.3) is 0 Å². The Morgan fingerprint density at radius 2 is 2.33 bits per heavy atom. The highest BCUT2D eigenvalue weighted by molar-refractivity contribution is 7.13. The van der Waals surface area contributed by atoms with Gasteiger partial charge < -0.3 is 9.69 Å². The minimum Gasteiger partial charge on any atom is -0.348 e. The molecule has 4 heteroatoms. The van der Waals surface area contributed by atoms with E-state index in [1.165, 1.54) is 5.69 Å². The molecule has 1 aromatic rings. The van der Waals surface area contributed by atoms with Crippen molar-refractivity contribution in [3.8, 4) is 0 Å². The second-order valence-corrected chi connectivity index (χ2v) is 4.77. The molecule has 0 radical (unpaired) electrons. The predicted octanol–water partition coefficient (Wildman–Crippen LogP) is 2.12. The van der Waals surface area contributed by atoms with Crippen molar-refractivity contribution >= 4 is 22.8 Å². The number of piperidine rings is 1. The van der Waals surface area contributed by atoms with Crippen LogP contribution < -0.4 is 4.90 Å². The maximum Gasteiger partial charge on any atom is 0.185 e. The van der Waals surface area contributed by atoms with Crippen molar-refractivity contribution in [2.75, 3.05) is 18.0 Å². The smallest absolute Gasteiger partial charge is 0.185 e. The van der Waals surface area contributed by atoms with Crippen LogP contribution in [0, 0.1) is 5.92 Å². The zero-order chi connectivity index (χ0) is 10.7. The third-order valence-electron chi connectivity index (χ3n) is 2.90. The molecular weight excluding hydrogens is 208 g/mol. The van der Waals surface area contributed by atoms with Crippen LogP contribution in [0.1, 0.15) is 25.5 Å². The van der Waals surface area contributed by atoms with Gasteiger partial charge in [0.2, 0.25) is 0 Å². The largest absolute Gasteiger partial charge is 0.348 e. The number of carbonyl (C=O) groups is 1. The second kappa shape index (κ2) is 4.75. The average molecular weight is 224 g/mol. The first-order valence-electron chi connectivity index (χ1n) is 5.48. The minimum atomic E-state index is 0.270. The monoisotopic (exact) mass is 224 g/mol. The van der Waals surface area contributed by atoms with E-state index in [1.807, 2.05) is 0 Å². The van der Waals surface area contributed by atoms with E-state index in [0.29, 0.717) is 0 Å². The number of carbonyl (C=O) groups excluding carboxylic acids is 1. The lowest BCUT2D eigenvalue weighted by molar-refractivity contribution is -0.111. The summed E-state index contributed by atoms with van der Waals surface area (Å²) in [4.78, 5) is 17.5. The number of rotatable bonds is 3. The standard InChI is InChI=1S/C11H16N2OS/c1-2-10-8-15-11(12-10)13-5-3-9(7-14)4-6-13/h7-9H,2-6H2,1H3. The summed E-state index contributed by atoms with van der Waals surface area (Å²) < 4.78 is 0. The number of aromatic nitrogens is 1. The predicted molar refractivity (Wildman–Crippen MR) is 62.5 cm³/mol. The number of aryl methyl sites for hydroxylation is 1. The topological polar surface area (TPSA) is 33.2 Å². The lowest BCUT2D eigenvalue weighted by Gasteiger charge is -2.29. The molecule has 1 fully saturated rings. The molecule has 0 saturated carbocycles. The maximum atomic E-state index is 10.6. The van der Waals surface area contributed by atoms with Crippen molar-refractivity contribution in [1.82, 2.24) is 4.98 Å². The normalized spacial score (nSPS) is 18.1. The lowest BCUT2D eigenvalue weighted by atomic mass is 9.99. The summed E-state index contributed by atoms with van der Waals surface area (Å²) in [5.74, 6) is 0.270. The molecule has 0 spiro atoms. The zero-order valence-corrected chi connectivity index (χ0v) is 9.80. The van der Waals surface area contributed by atoms with Crippen LogP contribution in [0.25, 0.3) is 0 Å². The van der Waals surface area contributed by atoms with E-state index in [4.69, 9.17) is 0 Å². The summed E-state index contributed by atoms with van der Waals surface area (Å²) in [6, 6.07) is 0.